The average Bonchev–Trinajstić information content (AvgIpc) is 2.60. The van der Waals surface area contributed by atoms with Crippen LogP contribution >= 0.6 is 0 Å². The first-order valence-corrected chi connectivity index (χ1v) is 12.5. The van der Waals surface area contributed by atoms with Gasteiger partial charge in [-0.1, -0.05) is 70.4 Å². The summed E-state index contributed by atoms with van der Waals surface area (Å²) >= 11 is 0. The van der Waals surface area contributed by atoms with E-state index in [1.165, 1.54) is 44.9 Å². The number of hydrogen-bond acceptors (Lipinski definition) is 4. The molecule has 26 heavy (non-hydrogen) atoms. The van der Waals surface area contributed by atoms with Gasteiger partial charge in [0.05, 0.1) is 6.61 Å². The van der Waals surface area contributed by atoms with Crippen LogP contribution in [-0.2, 0) is 18.0 Å². The van der Waals surface area contributed by atoms with Crippen molar-refractivity contribution in [2.75, 3.05) is 26.4 Å². The molecule has 0 aromatic heterocycles. The van der Waals surface area contributed by atoms with Crippen LogP contribution in [0, 0.1) is 0 Å². The Bertz CT molecular complexity index is 319. The summed E-state index contributed by atoms with van der Waals surface area (Å²) in [5.74, 6) is 0. The predicted molar refractivity (Wildman–Crippen MR) is 112 cm³/mol. The molecule has 0 radical (unpaired) electrons. The van der Waals surface area contributed by atoms with E-state index in [9.17, 15) is 0 Å². The lowest BCUT2D eigenvalue weighted by Gasteiger charge is -2.35. The maximum Gasteiger partial charge on any atom is 0.531 e. The number of unbranched alkanes of at least 4 members (excludes halogenated alkanes) is 7. The van der Waals surface area contributed by atoms with E-state index in [1.54, 1.807) is 0 Å². The summed E-state index contributed by atoms with van der Waals surface area (Å²) in [5, 5.41) is 0. The molecule has 0 aromatic carbocycles. The Labute approximate surface area is 164 Å². The van der Waals surface area contributed by atoms with E-state index in [4.69, 9.17) is 18.0 Å². The summed E-state index contributed by atoms with van der Waals surface area (Å²) < 4.78 is 24.4. The van der Waals surface area contributed by atoms with Gasteiger partial charge in [0.15, 0.2) is 0 Å². The van der Waals surface area contributed by atoms with Gasteiger partial charge < -0.3 is 18.0 Å². The van der Waals surface area contributed by atoms with Gasteiger partial charge in [-0.05, 0) is 34.1 Å². The molecular weight excluding hydrogens is 344 g/mol. The number of hydrogen-bond donors (Lipinski definition) is 0. The molecule has 156 valence electrons. The fraction of sp³-hybridized carbons (Fsp3) is 0.905. The maximum absolute atomic E-state index is 6.17. The molecule has 0 saturated carbocycles. The van der Waals surface area contributed by atoms with Crippen LogP contribution < -0.4 is 0 Å². The van der Waals surface area contributed by atoms with E-state index < -0.39 is 8.80 Å². The minimum absolute atomic E-state index is 0.112. The highest BCUT2D eigenvalue weighted by Gasteiger charge is 2.50. The van der Waals surface area contributed by atoms with E-state index in [2.05, 4.69) is 13.5 Å². The van der Waals surface area contributed by atoms with Crippen LogP contribution in [0.2, 0.25) is 0 Å². The lowest BCUT2D eigenvalue weighted by molar-refractivity contribution is -0.00754. The Hall–Kier alpha value is -0.203. The minimum atomic E-state index is -2.84. The lowest BCUT2D eigenvalue weighted by atomic mass is 10.1. The van der Waals surface area contributed by atoms with Crippen molar-refractivity contribution in [2.24, 2.45) is 0 Å². The zero-order valence-corrected chi connectivity index (χ0v) is 19.1. The molecule has 0 spiro atoms. The molecule has 1 unspecified atom stereocenters. The van der Waals surface area contributed by atoms with Gasteiger partial charge in [-0.3, -0.25) is 0 Å². The monoisotopic (exact) mass is 388 g/mol. The summed E-state index contributed by atoms with van der Waals surface area (Å²) in [6.45, 7) is 16.5. The number of ether oxygens (including phenoxy) is 1. The molecule has 0 aliphatic carbocycles. The van der Waals surface area contributed by atoms with Crippen molar-refractivity contribution in [3.05, 3.63) is 12.2 Å². The Morgan fingerprint density at radius 3 is 1.65 bits per heavy atom. The van der Waals surface area contributed by atoms with Crippen molar-refractivity contribution >= 4 is 8.80 Å². The predicted octanol–water partition coefficient (Wildman–Crippen LogP) is 6.07. The fourth-order valence-electron chi connectivity index (χ4n) is 3.08. The second-order valence-electron chi connectivity index (χ2n) is 6.92. The zero-order chi connectivity index (χ0) is 19.7. The third-order valence-electron chi connectivity index (χ3n) is 4.28. The third kappa shape index (κ3) is 11.5. The average molecular weight is 389 g/mol. The van der Waals surface area contributed by atoms with Crippen molar-refractivity contribution in [2.45, 2.75) is 98.1 Å². The second kappa shape index (κ2) is 16.9. The lowest BCUT2D eigenvalue weighted by Crippen LogP contribution is -2.57. The second-order valence-corrected chi connectivity index (χ2v) is 9.64. The molecule has 0 N–H and O–H groups in total. The van der Waals surface area contributed by atoms with Gasteiger partial charge in [-0.25, -0.2) is 0 Å². The normalized spacial score (nSPS) is 13.1. The maximum atomic E-state index is 6.17. The van der Waals surface area contributed by atoms with Crippen LogP contribution in [0.15, 0.2) is 12.2 Å². The minimum Gasteiger partial charge on any atom is -0.372 e. The van der Waals surface area contributed by atoms with E-state index in [0.717, 1.165) is 18.4 Å². The van der Waals surface area contributed by atoms with Crippen molar-refractivity contribution in [3.63, 3.8) is 0 Å². The van der Waals surface area contributed by atoms with Crippen LogP contribution in [-0.4, -0.2) is 41.0 Å². The van der Waals surface area contributed by atoms with E-state index in [-0.39, 0.29) is 5.73 Å². The Morgan fingerprint density at radius 2 is 1.23 bits per heavy atom. The first-order valence-electron chi connectivity index (χ1n) is 10.7. The summed E-state index contributed by atoms with van der Waals surface area (Å²) in [7, 11) is -2.84. The van der Waals surface area contributed by atoms with Crippen molar-refractivity contribution in [3.8, 4) is 0 Å². The molecule has 4 nitrogen and oxygen atoms in total. The Balaban J connectivity index is 4.65. The topological polar surface area (TPSA) is 36.9 Å². The molecule has 5 heteroatoms. The number of rotatable bonds is 19. The molecule has 0 aliphatic rings. The van der Waals surface area contributed by atoms with Crippen LogP contribution in [0.3, 0.4) is 0 Å². The standard InChI is InChI=1S/C21H44O4Si/c1-7-11-12-13-14-15-16-17-18-21(22-19-20(5)6)26(23-8-2,24-9-3)25-10-4/h21H,5,7-19H2,1-4,6H3. The van der Waals surface area contributed by atoms with Gasteiger partial charge in [0, 0.05) is 19.8 Å². The summed E-state index contributed by atoms with van der Waals surface area (Å²) in [6.07, 6.45) is 11.3. The third-order valence-corrected chi connectivity index (χ3v) is 7.60. The SMILES string of the molecule is C=C(C)COC(CCCCCCCCCC)[Si](OCC)(OCC)OCC. The Kier molecular flexibility index (Phi) is 16.8. The van der Waals surface area contributed by atoms with E-state index in [1.807, 2.05) is 27.7 Å². The first-order chi connectivity index (χ1) is 12.6. The highest BCUT2D eigenvalue weighted by Crippen LogP contribution is 2.24. The van der Waals surface area contributed by atoms with Gasteiger partial charge in [0.2, 0.25) is 0 Å². The highest BCUT2D eigenvalue weighted by molar-refractivity contribution is 6.62. The summed E-state index contributed by atoms with van der Waals surface area (Å²) in [4.78, 5) is 0. The van der Waals surface area contributed by atoms with Crippen LogP contribution in [0.4, 0.5) is 0 Å². The molecule has 0 rings (SSSR count). The molecule has 0 amide bonds. The molecule has 0 bridgehead atoms. The van der Waals surface area contributed by atoms with Crippen LogP contribution in [0.25, 0.3) is 0 Å². The molecule has 1 atom stereocenters. The first kappa shape index (κ1) is 25.8. The van der Waals surface area contributed by atoms with Crippen molar-refractivity contribution < 1.29 is 18.0 Å². The van der Waals surface area contributed by atoms with Gasteiger partial charge in [-0.15, -0.1) is 0 Å². The Morgan fingerprint density at radius 1 is 0.769 bits per heavy atom. The smallest absolute Gasteiger partial charge is 0.372 e. The van der Waals surface area contributed by atoms with Gasteiger partial charge in [-0.2, -0.15) is 0 Å². The zero-order valence-electron chi connectivity index (χ0n) is 18.1. The molecular formula is C21H44O4Si. The molecule has 0 aliphatic heterocycles. The van der Waals surface area contributed by atoms with Gasteiger partial charge in [0.25, 0.3) is 0 Å². The van der Waals surface area contributed by atoms with Crippen molar-refractivity contribution in [1.29, 1.82) is 0 Å². The highest BCUT2D eigenvalue weighted by atomic mass is 28.4. The molecule has 0 saturated heterocycles. The van der Waals surface area contributed by atoms with Gasteiger partial charge >= 0.3 is 8.80 Å². The van der Waals surface area contributed by atoms with E-state index in [0.29, 0.717) is 26.4 Å². The summed E-state index contributed by atoms with van der Waals surface area (Å²) in [5.41, 5.74) is 0.900. The largest absolute Gasteiger partial charge is 0.531 e. The summed E-state index contributed by atoms with van der Waals surface area (Å²) in [6, 6.07) is 0. The van der Waals surface area contributed by atoms with Gasteiger partial charge in [0.1, 0.15) is 5.73 Å². The molecule has 0 heterocycles. The molecule has 0 aromatic rings. The molecule has 0 fully saturated rings. The van der Waals surface area contributed by atoms with Crippen LogP contribution in [0.1, 0.15) is 92.4 Å². The van der Waals surface area contributed by atoms with Crippen LogP contribution in [0.5, 0.6) is 0 Å². The van der Waals surface area contributed by atoms with Crippen molar-refractivity contribution in [1.82, 2.24) is 0 Å². The van der Waals surface area contributed by atoms with E-state index >= 15 is 0 Å². The fourth-order valence-corrected chi connectivity index (χ4v) is 5.94. The quantitative estimate of drug-likeness (QED) is 0.153.